The van der Waals surface area contributed by atoms with Crippen molar-refractivity contribution in [2.75, 3.05) is 5.32 Å². The maximum Gasteiger partial charge on any atom is 0.259 e. The first-order valence-corrected chi connectivity index (χ1v) is 9.17. The van der Waals surface area contributed by atoms with Crippen molar-refractivity contribution >= 4 is 29.0 Å². The normalized spacial score (nSPS) is 11.5. The average Bonchev–Trinajstić information content (AvgIpc) is 2.75. The number of amides is 1. The lowest BCUT2D eigenvalue weighted by Gasteiger charge is -2.07. The zero-order chi connectivity index (χ0) is 20.5. The summed E-state index contributed by atoms with van der Waals surface area (Å²) in [6.45, 7) is 1.96. The van der Waals surface area contributed by atoms with Crippen LogP contribution in [0.15, 0.2) is 101 Å². The number of para-hydroxylation sites is 2. The van der Waals surface area contributed by atoms with Crippen LogP contribution in [0.2, 0.25) is 0 Å². The van der Waals surface area contributed by atoms with Crippen molar-refractivity contribution in [3.8, 4) is 5.75 Å². The third-order valence-electron chi connectivity index (χ3n) is 4.05. The fourth-order valence-electron chi connectivity index (χ4n) is 2.56. The number of nitrogens with one attached hydrogen (secondary N) is 1. The molecule has 0 spiro atoms. The molecule has 2 N–H and O–H groups in total. The van der Waals surface area contributed by atoms with E-state index in [2.05, 4.69) is 15.5 Å². The topological polar surface area (TPSA) is 74.0 Å². The first-order chi connectivity index (χ1) is 14.2. The Morgan fingerprint density at radius 2 is 1.66 bits per heavy atom. The number of allylic oxidation sites excluding steroid dienone is 3. The Morgan fingerprint density at radius 1 is 0.897 bits per heavy atom. The van der Waals surface area contributed by atoms with Crippen LogP contribution in [0.25, 0.3) is 6.08 Å². The van der Waals surface area contributed by atoms with Gasteiger partial charge in [0.15, 0.2) is 5.75 Å². The van der Waals surface area contributed by atoms with Crippen LogP contribution < -0.4 is 5.32 Å². The number of phenolic OH excluding ortho intramolecular Hbond substituents is 1. The molecular formula is C24H21N3O2. The molecule has 3 aromatic rings. The lowest BCUT2D eigenvalue weighted by Crippen LogP contribution is -2.11. The minimum absolute atomic E-state index is 0.134. The molecule has 0 aliphatic carbocycles. The van der Waals surface area contributed by atoms with E-state index in [1.165, 1.54) is 0 Å². The van der Waals surface area contributed by atoms with Gasteiger partial charge in [0.1, 0.15) is 5.69 Å². The van der Waals surface area contributed by atoms with Crippen LogP contribution in [-0.2, 0) is 0 Å². The third-order valence-corrected chi connectivity index (χ3v) is 4.05. The molecule has 0 aliphatic rings. The first-order valence-electron chi connectivity index (χ1n) is 9.17. The second kappa shape index (κ2) is 9.80. The number of carbonyl (C=O) groups excluding carboxylic acids is 1. The molecule has 5 nitrogen and oxygen atoms in total. The van der Waals surface area contributed by atoms with Gasteiger partial charge in [-0.2, -0.15) is 5.11 Å². The van der Waals surface area contributed by atoms with Crippen LogP contribution in [0, 0.1) is 0 Å². The van der Waals surface area contributed by atoms with Gasteiger partial charge in [0.2, 0.25) is 0 Å². The lowest BCUT2D eigenvalue weighted by molar-refractivity contribution is 0.102. The standard InChI is InChI=1S/C24H21N3O2/c1-2-3-5-9-18-14-16-20(17-15-18)26-27-22-13-8-12-21(23(22)28)24(29)25-19-10-6-4-7-11-19/h2-17,28H,1H3,(H,25,29)/b3-2+,9-5+,27-26?. The van der Waals surface area contributed by atoms with E-state index in [4.69, 9.17) is 0 Å². The molecule has 0 unspecified atom stereocenters. The van der Waals surface area contributed by atoms with Gasteiger partial charge in [-0.3, -0.25) is 4.79 Å². The number of hydrogen-bond acceptors (Lipinski definition) is 4. The van der Waals surface area contributed by atoms with Crippen molar-refractivity contribution < 1.29 is 9.90 Å². The van der Waals surface area contributed by atoms with E-state index >= 15 is 0 Å². The summed E-state index contributed by atoms with van der Waals surface area (Å²) in [6.07, 6.45) is 7.86. The van der Waals surface area contributed by atoms with Gasteiger partial charge >= 0.3 is 0 Å². The van der Waals surface area contributed by atoms with Gasteiger partial charge < -0.3 is 10.4 Å². The van der Waals surface area contributed by atoms with E-state index in [0.717, 1.165) is 5.56 Å². The largest absolute Gasteiger partial charge is 0.505 e. The minimum atomic E-state index is -0.414. The molecule has 0 fully saturated rings. The fourth-order valence-corrected chi connectivity index (χ4v) is 2.56. The predicted octanol–water partition coefficient (Wildman–Crippen LogP) is 6.65. The number of anilines is 1. The Morgan fingerprint density at radius 3 is 2.38 bits per heavy atom. The van der Waals surface area contributed by atoms with Crippen molar-refractivity contribution in [1.29, 1.82) is 0 Å². The molecule has 144 valence electrons. The van der Waals surface area contributed by atoms with Crippen LogP contribution in [0.1, 0.15) is 22.8 Å². The SMILES string of the molecule is C/C=C/C=C/c1ccc(N=Nc2cccc(C(=O)Nc3ccccc3)c2O)cc1. The number of azo groups is 1. The molecule has 0 bridgehead atoms. The first kappa shape index (κ1) is 19.8. The number of rotatable bonds is 6. The molecule has 0 aromatic heterocycles. The number of benzene rings is 3. The van der Waals surface area contributed by atoms with Gasteiger partial charge in [-0.25, -0.2) is 0 Å². The Balaban J connectivity index is 1.74. The second-order valence-corrected chi connectivity index (χ2v) is 6.17. The van der Waals surface area contributed by atoms with E-state index < -0.39 is 5.91 Å². The molecule has 0 radical (unpaired) electrons. The summed E-state index contributed by atoms with van der Waals surface area (Å²) in [5.41, 5.74) is 2.70. The number of hydrogen-bond donors (Lipinski definition) is 2. The number of nitrogens with zero attached hydrogens (tertiary/aromatic N) is 2. The molecule has 0 aliphatic heterocycles. The number of carbonyl (C=O) groups is 1. The molecule has 0 saturated heterocycles. The van der Waals surface area contributed by atoms with Crippen molar-refractivity contribution in [3.63, 3.8) is 0 Å². The summed E-state index contributed by atoms with van der Waals surface area (Å²) in [7, 11) is 0. The summed E-state index contributed by atoms with van der Waals surface area (Å²) in [5.74, 6) is -0.626. The molecule has 29 heavy (non-hydrogen) atoms. The average molecular weight is 383 g/mol. The van der Waals surface area contributed by atoms with E-state index in [1.807, 2.05) is 73.7 Å². The van der Waals surface area contributed by atoms with Crippen LogP contribution in [0.5, 0.6) is 5.75 Å². The van der Waals surface area contributed by atoms with E-state index in [0.29, 0.717) is 11.4 Å². The maximum atomic E-state index is 12.5. The molecule has 3 rings (SSSR count). The highest BCUT2D eigenvalue weighted by atomic mass is 16.3. The summed E-state index contributed by atoms with van der Waals surface area (Å²) in [5, 5.41) is 21.4. The van der Waals surface area contributed by atoms with Crippen LogP contribution in [0.3, 0.4) is 0 Å². The van der Waals surface area contributed by atoms with Gasteiger partial charge in [-0.05, 0) is 48.9 Å². The van der Waals surface area contributed by atoms with Gasteiger partial charge in [-0.1, -0.05) is 60.7 Å². The highest BCUT2D eigenvalue weighted by molar-refractivity contribution is 6.07. The molecule has 0 saturated carbocycles. The van der Waals surface area contributed by atoms with Gasteiger partial charge in [-0.15, -0.1) is 5.11 Å². The van der Waals surface area contributed by atoms with Gasteiger partial charge in [0.25, 0.3) is 5.91 Å². The van der Waals surface area contributed by atoms with E-state index in [-0.39, 0.29) is 17.0 Å². The Labute approximate surface area is 169 Å². The van der Waals surface area contributed by atoms with Crippen molar-refractivity contribution in [2.45, 2.75) is 6.92 Å². The van der Waals surface area contributed by atoms with Gasteiger partial charge in [0.05, 0.1) is 11.3 Å². The molecular weight excluding hydrogens is 362 g/mol. The molecule has 1 amide bonds. The highest BCUT2D eigenvalue weighted by Crippen LogP contribution is 2.32. The third kappa shape index (κ3) is 5.49. The maximum absolute atomic E-state index is 12.5. The van der Waals surface area contributed by atoms with E-state index in [1.54, 1.807) is 30.3 Å². The van der Waals surface area contributed by atoms with Crippen molar-refractivity contribution in [3.05, 3.63) is 102 Å². The predicted molar refractivity (Wildman–Crippen MR) is 117 cm³/mol. The van der Waals surface area contributed by atoms with Crippen molar-refractivity contribution in [1.82, 2.24) is 0 Å². The lowest BCUT2D eigenvalue weighted by atomic mass is 10.1. The minimum Gasteiger partial charge on any atom is -0.505 e. The van der Waals surface area contributed by atoms with Crippen molar-refractivity contribution in [2.24, 2.45) is 10.2 Å². The fraction of sp³-hybridized carbons (Fsp3) is 0.0417. The smallest absolute Gasteiger partial charge is 0.259 e. The Bertz CT molecular complexity index is 1050. The number of phenols is 1. The zero-order valence-electron chi connectivity index (χ0n) is 16.0. The van der Waals surface area contributed by atoms with Gasteiger partial charge in [0, 0.05) is 5.69 Å². The Kier molecular flexibility index (Phi) is 6.68. The molecule has 5 heteroatoms. The monoisotopic (exact) mass is 383 g/mol. The zero-order valence-corrected chi connectivity index (χ0v) is 16.0. The Hall–Kier alpha value is -3.99. The summed E-state index contributed by atoms with van der Waals surface area (Å²) in [4.78, 5) is 12.5. The van der Waals surface area contributed by atoms with Crippen LogP contribution in [0.4, 0.5) is 17.1 Å². The highest BCUT2D eigenvalue weighted by Gasteiger charge is 2.14. The molecule has 3 aromatic carbocycles. The quantitative estimate of drug-likeness (QED) is 0.369. The molecule has 0 heterocycles. The van der Waals surface area contributed by atoms with E-state index in [9.17, 15) is 9.90 Å². The summed E-state index contributed by atoms with van der Waals surface area (Å²) >= 11 is 0. The molecule has 0 atom stereocenters. The summed E-state index contributed by atoms with van der Waals surface area (Å²) < 4.78 is 0. The summed E-state index contributed by atoms with van der Waals surface area (Å²) in [6, 6.07) is 21.4. The van der Waals surface area contributed by atoms with Crippen LogP contribution in [-0.4, -0.2) is 11.0 Å². The second-order valence-electron chi connectivity index (χ2n) is 6.17. The van der Waals surface area contributed by atoms with Crippen LogP contribution >= 0.6 is 0 Å². The number of aromatic hydroxyl groups is 1.